The Morgan fingerprint density at radius 1 is 1.32 bits per heavy atom. The van der Waals surface area contributed by atoms with Crippen LogP contribution in [0.2, 0.25) is 0 Å². The van der Waals surface area contributed by atoms with E-state index < -0.39 is 0 Å². The highest BCUT2D eigenvalue weighted by Gasteiger charge is 2.25. The highest BCUT2D eigenvalue weighted by atomic mass is 16.2. The summed E-state index contributed by atoms with van der Waals surface area (Å²) in [6.45, 7) is 2.29. The lowest BCUT2D eigenvalue weighted by Crippen LogP contribution is -2.39. The van der Waals surface area contributed by atoms with Crippen LogP contribution in [-0.4, -0.2) is 35.9 Å². The van der Waals surface area contributed by atoms with E-state index in [1.54, 1.807) is 6.07 Å². The van der Waals surface area contributed by atoms with Crippen LogP contribution in [0.1, 0.15) is 43.1 Å². The summed E-state index contributed by atoms with van der Waals surface area (Å²) in [5.74, 6) is 1.55. The lowest BCUT2D eigenvalue weighted by molar-refractivity contribution is 0.0674. The summed E-state index contributed by atoms with van der Waals surface area (Å²) in [6.07, 6.45) is 4.64. The van der Waals surface area contributed by atoms with Crippen molar-refractivity contribution in [2.75, 3.05) is 19.4 Å². The van der Waals surface area contributed by atoms with Crippen molar-refractivity contribution in [1.82, 2.24) is 9.88 Å². The first-order chi connectivity index (χ1) is 9.11. The first-order valence-corrected chi connectivity index (χ1v) is 7.03. The van der Waals surface area contributed by atoms with Gasteiger partial charge in [0.15, 0.2) is 0 Å². The van der Waals surface area contributed by atoms with Crippen molar-refractivity contribution in [3.05, 3.63) is 23.9 Å². The largest absolute Gasteiger partial charge is 0.373 e. The van der Waals surface area contributed by atoms with Crippen LogP contribution < -0.4 is 5.32 Å². The van der Waals surface area contributed by atoms with E-state index in [-0.39, 0.29) is 5.91 Å². The molecule has 1 fully saturated rings. The Kier molecular flexibility index (Phi) is 4.40. The van der Waals surface area contributed by atoms with Crippen molar-refractivity contribution < 1.29 is 4.79 Å². The van der Waals surface area contributed by atoms with Crippen molar-refractivity contribution in [3.63, 3.8) is 0 Å². The quantitative estimate of drug-likeness (QED) is 0.910. The number of hydrogen-bond donors (Lipinski definition) is 1. The van der Waals surface area contributed by atoms with Crippen LogP contribution in [0.15, 0.2) is 18.2 Å². The number of carbonyl (C=O) groups excluding carboxylic acids is 1. The minimum Gasteiger partial charge on any atom is -0.373 e. The standard InChI is InChI=1S/C15H23N3O/c1-11-7-9-12(10-8-11)18(3)15(19)13-5-4-6-14(16-2)17-13/h4-6,11-12H,7-10H2,1-3H3,(H,16,17). The van der Waals surface area contributed by atoms with Gasteiger partial charge in [-0.25, -0.2) is 4.98 Å². The highest BCUT2D eigenvalue weighted by molar-refractivity contribution is 5.92. The zero-order chi connectivity index (χ0) is 13.8. The fourth-order valence-electron chi connectivity index (χ4n) is 2.67. The number of hydrogen-bond acceptors (Lipinski definition) is 3. The minimum absolute atomic E-state index is 0.0247. The topological polar surface area (TPSA) is 45.2 Å². The third kappa shape index (κ3) is 3.25. The number of pyridine rings is 1. The van der Waals surface area contributed by atoms with E-state index in [2.05, 4.69) is 17.2 Å². The van der Waals surface area contributed by atoms with Gasteiger partial charge >= 0.3 is 0 Å². The maximum absolute atomic E-state index is 12.4. The summed E-state index contributed by atoms with van der Waals surface area (Å²) < 4.78 is 0. The van der Waals surface area contributed by atoms with E-state index >= 15 is 0 Å². The fraction of sp³-hybridized carbons (Fsp3) is 0.600. The number of nitrogens with one attached hydrogen (secondary N) is 1. The molecule has 0 radical (unpaired) electrons. The van der Waals surface area contributed by atoms with Crippen LogP contribution in [0.3, 0.4) is 0 Å². The highest BCUT2D eigenvalue weighted by Crippen LogP contribution is 2.27. The Balaban J connectivity index is 2.05. The summed E-state index contributed by atoms with van der Waals surface area (Å²) in [5.41, 5.74) is 0.521. The molecule has 0 atom stereocenters. The first-order valence-electron chi connectivity index (χ1n) is 7.03. The lowest BCUT2D eigenvalue weighted by Gasteiger charge is -2.33. The average molecular weight is 261 g/mol. The average Bonchev–Trinajstić information content (AvgIpc) is 2.46. The van der Waals surface area contributed by atoms with Gasteiger partial charge in [0, 0.05) is 20.1 Å². The van der Waals surface area contributed by atoms with Crippen LogP contribution in [0.5, 0.6) is 0 Å². The smallest absolute Gasteiger partial charge is 0.272 e. The Bertz CT molecular complexity index is 439. The third-order valence-corrected chi connectivity index (χ3v) is 4.08. The molecular weight excluding hydrogens is 238 g/mol. The van der Waals surface area contributed by atoms with Gasteiger partial charge in [-0.15, -0.1) is 0 Å². The molecule has 0 unspecified atom stereocenters. The number of anilines is 1. The predicted molar refractivity (Wildman–Crippen MR) is 77.3 cm³/mol. The molecule has 104 valence electrons. The molecule has 1 saturated carbocycles. The maximum Gasteiger partial charge on any atom is 0.272 e. The van der Waals surface area contributed by atoms with Crippen molar-refractivity contribution in [3.8, 4) is 0 Å². The zero-order valence-electron chi connectivity index (χ0n) is 12.0. The van der Waals surface area contributed by atoms with Crippen LogP contribution in [0.25, 0.3) is 0 Å². The molecule has 4 nitrogen and oxygen atoms in total. The molecule has 2 rings (SSSR count). The molecule has 0 spiro atoms. The van der Waals surface area contributed by atoms with Crippen molar-refractivity contribution in [1.29, 1.82) is 0 Å². The van der Waals surface area contributed by atoms with E-state index in [1.807, 2.05) is 31.1 Å². The van der Waals surface area contributed by atoms with Crippen LogP contribution in [0.4, 0.5) is 5.82 Å². The molecule has 0 aliphatic heterocycles. The summed E-state index contributed by atoms with van der Waals surface area (Å²) >= 11 is 0. The molecule has 0 aromatic carbocycles. The molecule has 1 heterocycles. The van der Waals surface area contributed by atoms with Crippen molar-refractivity contribution in [2.45, 2.75) is 38.6 Å². The van der Waals surface area contributed by atoms with Crippen LogP contribution in [-0.2, 0) is 0 Å². The maximum atomic E-state index is 12.4. The normalized spacial score (nSPS) is 22.9. The van der Waals surface area contributed by atoms with E-state index in [0.29, 0.717) is 11.7 Å². The van der Waals surface area contributed by atoms with Gasteiger partial charge in [0.1, 0.15) is 11.5 Å². The zero-order valence-corrected chi connectivity index (χ0v) is 12.0. The lowest BCUT2D eigenvalue weighted by atomic mass is 9.86. The number of carbonyl (C=O) groups is 1. The van der Waals surface area contributed by atoms with E-state index in [0.717, 1.165) is 24.6 Å². The third-order valence-electron chi connectivity index (χ3n) is 4.08. The molecule has 0 bridgehead atoms. The fourth-order valence-corrected chi connectivity index (χ4v) is 2.67. The Morgan fingerprint density at radius 3 is 2.63 bits per heavy atom. The van der Waals surface area contributed by atoms with Gasteiger partial charge in [-0.3, -0.25) is 4.79 Å². The molecule has 1 N–H and O–H groups in total. The monoisotopic (exact) mass is 261 g/mol. The number of nitrogens with zero attached hydrogens (tertiary/aromatic N) is 2. The van der Waals surface area contributed by atoms with Gasteiger partial charge in [0.25, 0.3) is 5.91 Å². The van der Waals surface area contributed by atoms with Gasteiger partial charge < -0.3 is 10.2 Å². The summed E-state index contributed by atoms with van der Waals surface area (Å²) in [5, 5.41) is 2.96. The SMILES string of the molecule is CNc1cccc(C(=O)N(C)C2CCC(C)CC2)n1. The molecular formula is C15H23N3O. The molecule has 1 aliphatic carbocycles. The second kappa shape index (κ2) is 6.04. The van der Waals surface area contributed by atoms with E-state index in [4.69, 9.17) is 0 Å². The summed E-state index contributed by atoms with van der Waals surface area (Å²) in [7, 11) is 3.71. The molecule has 4 heteroatoms. The predicted octanol–water partition coefficient (Wildman–Crippen LogP) is 2.77. The van der Waals surface area contributed by atoms with E-state index in [1.165, 1.54) is 12.8 Å². The first kappa shape index (κ1) is 13.8. The number of aromatic nitrogens is 1. The molecule has 0 saturated heterocycles. The van der Waals surface area contributed by atoms with Gasteiger partial charge in [-0.1, -0.05) is 13.0 Å². The van der Waals surface area contributed by atoms with Gasteiger partial charge in [-0.2, -0.15) is 0 Å². The number of amides is 1. The molecule has 19 heavy (non-hydrogen) atoms. The van der Waals surface area contributed by atoms with Crippen molar-refractivity contribution in [2.24, 2.45) is 5.92 Å². The Labute approximate surface area is 115 Å². The summed E-state index contributed by atoms with van der Waals surface area (Å²) in [6, 6.07) is 5.87. The van der Waals surface area contributed by atoms with Gasteiger partial charge in [-0.05, 0) is 43.7 Å². The summed E-state index contributed by atoms with van der Waals surface area (Å²) in [4.78, 5) is 18.6. The Morgan fingerprint density at radius 2 is 2.00 bits per heavy atom. The second-order valence-electron chi connectivity index (χ2n) is 5.49. The van der Waals surface area contributed by atoms with Crippen LogP contribution >= 0.6 is 0 Å². The second-order valence-corrected chi connectivity index (χ2v) is 5.49. The Hall–Kier alpha value is -1.58. The number of rotatable bonds is 3. The van der Waals surface area contributed by atoms with E-state index in [9.17, 15) is 4.79 Å². The molecule has 1 aromatic heterocycles. The van der Waals surface area contributed by atoms with Crippen LogP contribution in [0, 0.1) is 5.92 Å². The van der Waals surface area contributed by atoms with Gasteiger partial charge in [0.05, 0.1) is 0 Å². The van der Waals surface area contributed by atoms with Crippen molar-refractivity contribution >= 4 is 11.7 Å². The molecule has 1 amide bonds. The minimum atomic E-state index is 0.0247. The van der Waals surface area contributed by atoms with Gasteiger partial charge in [0.2, 0.25) is 0 Å². The molecule has 1 aromatic rings. The molecule has 1 aliphatic rings.